The van der Waals surface area contributed by atoms with Gasteiger partial charge in [-0.15, -0.1) is 4.36 Å². The summed E-state index contributed by atoms with van der Waals surface area (Å²) in [5.41, 5.74) is 2.29. The van der Waals surface area contributed by atoms with Gasteiger partial charge in [0.05, 0.1) is 26.4 Å². The minimum absolute atomic E-state index is 0. The normalized spacial score (nSPS) is 15.0. The van der Waals surface area contributed by atoms with Crippen LogP contribution < -0.4 is 0 Å². The molecule has 0 amide bonds. The van der Waals surface area contributed by atoms with Crippen LogP contribution in [0.4, 0.5) is 0 Å². The summed E-state index contributed by atoms with van der Waals surface area (Å²) in [4.78, 5) is 8.10. The van der Waals surface area contributed by atoms with Gasteiger partial charge in [0.25, 0.3) is 0 Å². The zero-order chi connectivity index (χ0) is 27.0. The van der Waals surface area contributed by atoms with Gasteiger partial charge >= 0.3 is 0 Å². The van der Waals surface area contributed by atoms with Gasteiger partial charge in [0, 0.05) is 23.9 Å². The summed E-state index contributed by atoms with van der Waals surface area (Å²) in [7, 11) is -3.01. The maximum atomic E-state index is 12.1. The van der Waals surface area contributed by atoms with Crippen molar-refractivity contribution in [1.82, 2.24) is 9.97 Å². The van der Waals surface area contributed by atoms with Crippen LogP contribution in [0.25, 0.3) is 0 Å². The van der Waals surface area contributed by atoms with Gasteiger partial charge in [0.2, 0.25) is 20.0 Å². The highest BCUT2D eigenvalue weighted by Crippen LogP contribution is 2.38. The minimum Gasteiger partial charge on any atom is -0.256 e. The molecule has 0 aromatic carbocycles. The second-order valence-corrected chi connectivity index (χ2v) is 16.1. The van der Waals surface area contributed by atoms with Crippen molar-refractivity contribution < 1.29 is 4.21 Å². The monoisotopic (exact) mass is 666 g/mol. The third-order valence-corrected chi connectivity index (χ3v) is 9.52. The van der Waals surface area contributed by atoms with Crippen molar-refractivity contribution in [3.8, 4) is 12.4 Å². The van der Waals surface area contributed by atoms with E-state index in [1.807, 2.05) is 25.4 Å². The van der Waals surface area contributed by atoms with E-state index in [1.54, 1.807) is 37.5 Å². The smallest absolute Gasteiger partial charge is 0.232 e. The maximum Gasteiger partial charge on any atom is 0.232 e. The number of nitrogens with zero attached hydrogens (tertiary/aromatic N) is 6. The number of pyridine rings is 2. The Kier molecular flexibility index (Phi) is 16.8. The molecule has 206 valence electrons. The zero-order valence-electron chi connectivity index (χ0n) is 18.8. The summed E-state index contributed by atoms with van der Waals surface area (Å²) in [6, 6.07) is 6.71. The third-order valence-electron chi connectivity index (χ3n) is 4.67. The molecule has 0 bridgehead atoms. The fourth-order valence-corrected chi connectivity index (χ4v) is 4.84. The maximum absolute atomic E-state index is 12.1. The Hall–Kier alpha value is -0.880. The molecule has 0 N–H and O–H groups in total. The molecule has 7 nitrogen and oxygen atoms in total. The van der Waals surface area contributed by atoms with Gasteiger partial charge in [-0.25, -0.2) is 4.21 Å². The summed E-state index contributed by atoms with van der Waals surface area (Å²) in [5.74, 6) is 0. The van der Waals surface area contributed by atoms with Crippen molar-refractivity contribution in [2.24, 2.45) is 8.73 Å². The van der Waals surface area contributed by atoms with E-state index >= 15 is 0 Å². The predicted octanol–water partition coefficient (Wildman–Crippen LogP) is 8.70. The molecule has 4 atom stereocenters. The Labute approximate surface area is 252 Å². The van der Waals surface area contributed by atoms with Gasteiger partial charge in [-0.1, -0.05) is 107 Å². The molecule has 0 aliphatic carbocycles. The van der Waals surface area contributed by atoms with Crippen molar-refractivity contribution in [2.75, 3.05) is 12.5 Å². The molecule has 0 spiro atoms. The molecule has 4 unspecified atom stereocenters. The van der Waals surface area contributed by atoms with Crippen LogP contribution in [0.5, 0.6) is 0 Å². The summed E-state index contributed by atoms with van der Waals surface area (Å²) >= 11 is 34.2. The second kappa shape index (κ2) is 16.3. The van der Waals surface area contributed by atoms with E-state index in [1.165, 1.54) is 12.5 Å². The number of hydrogen-bond acceptors (Lipinski definition) is 7. The first-order chi connectivity index (χ1) is 16.0. The van der Waals surface area contributed by atoms with Crippen molar-refractivity contribution >= 4 is 90.0 Å². The molecule has 37 heavy (non-hydrogen) atoms. The van der Waals surface area contributed by atoms with Crippen LogP contribution in [0.2, 0.25) is 0 Å². The highest BCUT2D eigenvalue weighted by Gasteiger charge is 2.26. The summed E-state index contributed by atoms with van der Waals surface area (Å²) in [5, 5.41) is 16.7. The highest BCUT2D eigenvalue weighted by atomic mass is 35.6. The molecule has 0 radical (unpaired) electrons. The van der Waals surface area contributed by atoms with E-state index in [0.29, 0.717) is 11.3 Å². The molecule has 15 heteroatoms. The quantitative estimate of drug-likeness (QED) is 0.239. The molecule has 0 fully saturated rings. The van der Waals surface area contributed by atoms with E-state index in [0.717, 1.165) is 5.56 Å². The number of rotatable bonds is 4. The number of alkyl halides is 6. The molecule has 0 aliphatic rings. The Morgan fingerprint density at radius 1 is 0.892 bits per heavy atom. The van der Waals surface area contributed by atoms with Crippen LogP contribution in [0.1, 0.15) is 61.7 Å². The lowest BCUT2D eigenvalue weighted by Gasteiger charge is -2.14. The Morgan fingerprint density at radius 2 is 1.32 bits per heavy atom. The average Bonchev–Trinajstić information content (AvgIpc) is 2.77. The lowest BCUT2D eigenvalue weighted by Crippen LogP contribution is -2.09. The van der Waals surface area contributed by atoms with Crippen molar-refractivity contribution in [2.45, 2.75) is 46.8 Å². The molecule has 2 aromatic heterocycles. The van der Waals surface area contributed by atoms with Gasteiger partial charge in [-0.2, -0.15) is 14.9 Å². The average molecular weight is 669 g/mol. The second-order valence-electron chi connectivity index (χ2n) is 7.00. The molecular weight excluding hydrogens is 641 g/mol. The van der Waals surface area contributed by atoms with Crippen molar-refractivity contribution in [1.29, 1.82) is 10.5 Å². The fourth-order valence-electron chi connectivity index (χ4n) is 2.38. The molecule has 0 saturated heterocycles. The Balaban J connectivity index is 0. The topological polar surface area (TPSA) is 115 Å². The van der Waals surface area contributed by atoms with Crippen molar-refractivity contribution in [3.05, 3.63) is 59.2 Å². The molecule has 0 saturated carbocycles. The molecule has 2 heterocycles. The highest BCUT2D eigenvalue weighted by molar-refractivity contribution is 7.93. The van der Waals surface area contributed by atoms with Crippen LogP contribution in [-0.2, 0) is 28.0 Å². The SMILES string of the molecule is C.C.CC(c1ccc(C(Cl)(Cl)Cl)nc1)S(C)(=O)=NC#N.CC(c1ccc(C(Cl)(Cl)Cl)nc1)S(C)=NC#N. The summed E-state index contributed by atoms with van der Waals surface area (Å²) in [6.07, 6.45) is 9.81. The summed E-state index contributed by atoms with van der Waals surface area (Å²) in [6.45, 7) is 3.69. The van der Waals surface area contributed by atoms with Crippen LogP contribution in [0.3, 0.4) is 0 Å². The van der Waals surface area contributed by atoms with Gasteiger partial charge < -0.3 is 0 Å². The first kappa shape index (κ1) is 38.3. The largest absolute Gasteiger partial charge is 0.256 e. The van der Waals surface area contributed by atoms with Crippen LogP contribution in [0, 0.1) is 22.9 Å². The van der Waals surface area contributed by atoms with Crippen LogP contribution in [-0.4, -0.2) is 26.7 Å². The number of nitriles is 2. The van der Waals surface area contributed by atoms with Crippen LogP contribution in [0.15, 0.2) is 45.4 Å². The molecule has 2 rings (SSSR count). The number of halogens is 6. The molecule has 0 aliphatic heterocycles. The fraction of sp³-hybridized carbons (Fsp3) is 0.455. The van der Waals surface area contributed by atoms with Gasteiger partial charge in [0.1, 0.15) is 0 Å². The first-order valence-corrected chi connectivity index (χ1v) is 15.3. The standard InChI is InChI=1S/C10H10Cl3N3OS.C10H10Cl3N3S.2CH4/c1-7(18(2,17)16-6-14)8-3-4-9(15-5-8)10(11,12)13;1-7(17(2)16-6-14)8-3-4-9(15-5-8)10(11,12)13;;/h3-5,7H,1-2H3;3-5,7H,1-2H3;2*1H4. The Morgan fingerprint density at radius 3 is 1.65 bits per heavy atom. The van der Waals surface area contributed by atoms with Crippen molar-refractivity contribution in [3.63, 3.8) is 0 Å². The van der Waals surface area contributed by atoms with E-state index in [9.17, 15) is 4.21 Å². The van der Waals surface area contributed by atoms with E-state index < -0.39 is 22.6 Å². The zero-order valence-corrected chi connectivity index (χ0v) is 25.0. The molecular formula is C22H28Cl6N6OS2. The lowest BCUT2D eigenvalue weighted by atomic mass is 10.2. The summed E-state index contributed by atoms with van der Waals surface area (Å²) < 4.78 is 16.2. The Bertz CT molecular complexity index is 1240. The van der Waals surface area contributed by atoms with Crippen LogP contribution >= 0.6 is 69.6 Å². The number of hydrogen-bond donors (Lipinski definition) is 0. The van der Waals surface area contributed by atoms with E-state index in [2.05, 4.69) is 18.7 Å². The first-order valence-electron chi connectivity index (χ1n) is 9.44. The van der Waals surface area contributed by atoms with Gasteiger partial charge in [-0.05, 0) is 43.4 Å². The van der Waals surface area contributed by atoms with Gasteiger partial charge in [-0.3, -0.25) is 9.97 Å². The van der Waals surface area contributed by atoms with E-state index in [4.69, 9.17) is 80.1 Å². The predicted molar refractivity (Wildman–Crippen MR) is 161 cm³/mol. The van der Waals surface area contributed by atoms with Gasteiger partial charge in [0.15, 0.2) is 0 Å². The molecule has 2 aromatic rings. The third kappa shape index (κ3) is 12.2. The number of aromatic nitrogens is 2. The lowest BCUT2D eigenvalue weighted by molar-refractivity contribution is 0.673. The van der Waals surface area contributed by atoms with E-state index in [-0.39, 0.29) is 36.5 Å². The minimum atomic E-state index is -2.64.